The standard InChI is InChI=1S/C17H19NO3S/c19-17-7-3-10-18(17)11-4-12-22(20,21)16-9-8-14-5-1-2-6-15(14)13-16/h1-2,5-6,8-9,13H,3-4,7,10-12H2. The van der Waals surface area contributed by atoms with Gasteiger partial charge in [0.1, 0.15) is 0 Å². The summed E-state index contributed by atoms with van der Waals surface area (Å²) < 4.78 is 24.9. The summed E-state index contributed by atoms with van der Waals surface area (Å²) in [5.74, 6) is 0.220. The monoisotopic (exact) mass is 317 g/mol. The highest BCUT2D eigenvalue weighted by molar-refractivity contribution is 7.91. The van der Waals surface area contributed by atoms with Gasteiger partial charge in [0.05, 0.1) is 10.6 Å². The fourth-order valence-electron chi connectivity index (χ4n) is 2.86. The average molecular weight is 317 g/mol. The Balaban J connectivity index is 1.69. The highest BCUT2D eigenvalue weighted by Gasteiger charge is 2.21. The molecule has 1 aliphatic rings. The number of rotatable bonds is 5. The summed E-state index contributed by atoms with van der Waals surface area (Å²) in [4.78, 5) is 13.6. The molecule has 116 valence electrons. The van der Waals surface area contributed by atoms with Crippen LogP contribution in [0.3, 0.4) is 0 Å². The van der Waals surface area contributed by atoms with Crippen LogP contribution in [0.15, 0.2) is 47.4 Å². The molecule has 1 amide bonds. The number of amides is 1. The molecule has 2 aromatic carbocycles. The number of carbonyl (C=O) groups excluding carboxylic acids is 1. The SMILES string of the molecule is O=C1CCCN1CCCS(=O)(=O)c1ccc2ccccc2c1. The van der Waals surface area contributed by atoms with Crippen molar-refractivity contribution in [2.24, 2.45) is 0 Å². The molecule has 5 heteroatoms. The molecule has 1 fully saturated rings. The Morgan fingerprint density at radius 1 is 1.05 bits per heavy atom. The van der Waals surface area contributed by atoms with Crippen molar-refractivity contribution in [2.45, 2.75) is 24.2 Å². The highest BCUT2D eigenvalue weighted by Crippen LogP contribution is 2.20. The van der Waals surface area contributed by atoms with Crippen LogP contribution < -0.4 is 0 Å². The molecule has 0 unspecified atom stereocenters. The minimum Gasteiger partial charge on any atom is -0.343 e. The summed E-state index contributed by atoms with van der Waals surface area (Å²) in [6, 6.07) is 12.9. The molecule has 1 aliphatic heterocycles. The highest BCUT2D eigenvalue weighted by atomic mass is 32.2. The van der Waals surface area contributed by atoms with E-state index in [1.807, 2.05) is 30.3 Å². The summed E-state index contributed by atoms with van der Waals surface area (Å²) in [6.07, 6.45) is 1.97. The summed E-state index contributed by atoms with van der Waals surface area (Å²) in [5.41, 5.74) is 0. The molecule has 0 saturated carbocycles. The van der Waals surface area contributed by atoms with Gasteiger partial charge in [0, 0.05) is 19.5 Å². The van der Waals surface area contributed by atoms with Crippen molar-refractivity contribution in [3.8, 4) is 0 Å². The molecule has 0 aromatic heterocycles. The number of carbonyl (C=O) groups is 1. The predicted molar refractivity (Wildman–Crippen MR) is 86.4 cm³/mol. The Labute approximate surface area is 130 Å². The van der Waals surface area contributed by atoms with Crippen LogP contribution in [0.5, 0.6) is 0 Å². The minimum atomic E-state index is -3.30. The van der Waals surface area contributed by atoms with E-state index in [4.69, 9.17) is 0 Å². The summed E-state index contributed by atoms with van der Waals surface area (Å²) in [5, 5.41) is 1.96. The number of hydrogen-bond acceptors (Lipinski definition) is 3. The second-order valence-corrected chi connectivity index (χ2v) is 7.77. The third-order valence-corrected chi connectivity index (χ3v) is 5.89. The van der Waals surface area contributed by atoms with Gasteiger partial charge in [-0.25, -0.2) is 8.42 Å². The fourth-order valence-corrected chi connectivity index (χ4v) is 4.19. The average Bonchev–Trinajstić information content (AvgIpc) is 2.92. The van der Waals surface area contributed by atoms with Crippen LogP contribution in [-0.4, -0.2) is 38.1 Å². The van der Waals surface area contributed by atoms with Crippen LogP contribution in [0, 0.1) is 0 Å². The van der Waals surface area contributed by atoms with Crippen LogP contribution >= 0.6 is 0 Å². The van der Waals surface area contributed by atoms with Crippen molar-refractivity contribution in [1.82, 2.24) is 4.90 Å². The van der Waals surface area contributed by atoms with E-state index in [1.165, 1.54) is 0 Å². The van der Waals surface area contributed by atoms with Gasteiger partial charge in [-0.3, -0.25) is 4.79 Å². The number of likely N-dealkylation sites (tertiary alicyclic amines) is 1. The molecule has 0 radical (unpaired) electrons. The Morgan fingerprint density at radius 3 is 2.55 bits per heavy atom. The maximum Gasteiger partial charge on any atom is 0.222 e. The van der Waals surface area contributed by atoms with E-state index in [0.717, 1.165) is 23.7 Å². The number of sulfone groups is 1. The number of nitrogens with zero attached hydrogens (tertiary/aromatic N) is 1. The Kier molecular flexibility index (Phi) is 4.16. The lowest BCUT2D eigenvalue weighted by atomic mass is 10.1. The van der Waals surface area contributed by atoms with Gasteiger partial charge >= 0.3 is 0 Å². The maximum atomic E-state index is 12.4. The van der Waals surface area contributed by atoms with Crippen molar-refractivity contribution in [3.63, 3.8) is 0 Å². The molecule has 1 saturated heterocycles. The smallest absolute Gasteiger partial charge is 0.222 e. The molecule has 0 spiro atoms. The van der Waals surface area contributed by atoms with E-state index in [1.54, 1.807) is 17.0 Å². The van der Waals surface area contributed by atoms with E-state index < -0.39 is 9.84 Å². The zero-order chi connectivity index (χ0) is 15.6. The van der Waals surface area contributed by atoms with Gasteiger partial charge in [-0.05, 0) is 35.7 Å². The molecule has 3 rings (SSSR count). The first-order chi connectivity index (χ1) is 10.6. The second-order valence-electron chi connectivity index (χ2n) is 5.67. The van der Waals surface area contributed by atoms with Gasteiger partial charge < -0.3 is 4.90 Å². The Bertz CT molecular complexity index is 798. The molecule has 0 aliphatic carbocycles. The molecule has 4 nitrogen and oxygen atoms in total. The Morgan fingerprint density at radius 2 is 1.82 bits per heavy atom. The zero-order valence-electron chi connectivity index (χ0n) is 12.4. The molecule has 1 heterocycles. The number of hydrogen-bond donors (Lipinski definition) is 0. The summed E-state index contributed by atoms with van der Waals surface area (Å²) >= 11 is 0. The van der Waals surface area contributed by atoms with Gasteiger partial charge in [-0.1, -0.05) is 30.3 Å². The van der Waals surface area contributed by atoms with Gasteiger partial charge in [0.2, 0.25) is 5.91 Å². The van der Waals surface area contributed by atoms with Crippen molar-refractivity contribution >= 4 is 26.5 Å². The molecule has 0 atom stereocenters. The van der Waals surface area contributed by atoms with Crippen LogP contribution in [-0.2, 0) is 14.6 Å². The molecule has 0 bridgehead atoms. The first-order valence-corrected chi connectivity index (χ1v) is 9.21. The van der Waals surface area contributed by atoms with Crippen molar-refractivity contribution in [2.75, 3.05) is 18.8 Å². The molecular weight excluding hydrogens is 298 g/mol. The lowest BCUT2D eigenvalue weighted by Crippen LogP contribution is -2.27. The lowest BCUT2D eigenvalue weighted by Gasteiger charge is -2.15. The van der Waals surface area contributed by atoms with E-state index >= 15 is 0 Å². The van der Waals surface area contributed by atoms with E-state index in [2.05, 4.69) is 0 Å². The van der Waals surface area contributed by atoms with E-state index in [9.17, 15) is 13.2 Å². The van der Waals surface area contributed by atoms with Crippen LogP contribution in [0.4, 0.5) is 0 Å². The topological polar surface area (TPSA) is 54.5 Å². The predicted octanol–water partition coefficient (Wildman–Crippen LogP) is 2.63. The first kappa shape index (κ1) is 15.0. The molecule has 22 heavy (non-hydrogen) atoms. The summed E-state index contributed by atoms with van der Waals surface area (Å²) in [7, 11) is -3.30. The number of benzene rings is 2. The van der Waals surface area contributed by atoms with Crippen LogP contribution in [0.1, 0.15) is 19.3 Å². The maximum absolute atomic E-state index is 12.4. The van der Waals surface area contributed by atoms with Crippen LogP contribution in [0.25, 0.3) is 10.8 Å². The lowest BCUT2D eigenvalue weighted by molar-refractivity contribution is -0.127. The largest absolute Gasteiger partial charge is 0.343 e. The third kappa shape index (κ3) is 3.14. The normalized spacial score (nSPS) is 15.6. The minimum absolute atomic E-state index is 0.0785. The molecule has 2 aromatic rings. The van der Waals surface area contributed by atoms with Gasteiger partial charge in [0.25, 0.3) is 0 Å². The first-order valence-electron chi connectivity index (χ1n) is 7.56. The third-order valence-electron chi connectivity index (χ3n) is 4.09. The van der Waals surface area contributed by atoms with Crippen molar-refractivity contribution in [3.05, 3.63) is 42.5 Å². The molecular formula is C17H19NO3S. The van der Waals surface area contributed by atoms with Crippen molar-refractivity contribution in [1.29, 1.82) is 0 Å². The quantitative estimate of drug-likeness (QED) is 0.852. The molecule has 0 N–H and O–H groups in total. The Hall–Kier alpha value is -1.88. The second kappa shape index (κ2) is 6.08. The van der Waals surface area contributed by atoms with E-state index in [0.29, 0.717) is 24.3 Å². The van der Waals surface area contributed by atoms with Crippen LogP contribution in [0.2, 0.25) is 0 Å². The van der Waals surface area contributed by atoms with E-state index in [-0.39, 0.29) is 11.7 Å². The summed E-state index contributed by atoms with van der Waals surface area (Å²) in [6.45, 7) is 1.29. The number of fused-ring (bicyclic) bond motifs is 1. The van der Waals surface area contributed by atoms with Gasteiger partial charge in [-0.15, -0.1) is 0 Å². The van der Waals surface area contributed by atoms with Gasteiger partial charge in [-0.2, -0.15) is 0 Å². The van der Waals surface area contributed by atoms with Gasteiger partial charge in [0.15, 0.2) is 9.84 Å². The fraction of sp³-hybridized carbons (Fsp3) is 0.353. The zero-order valence-corrected chi connectivity index (χ0v) is 13.2. The van der Waals surface area contributed by atoms with Crippen molar-refractivity contribution < 1.29 is 13.2 Å².